The van der Waals surface area contributed by atoms with Gasteiger partial charge in [0.25, 0.3) is 0 Å². The summed E-state index contributed by atoms with van der Waals surface area (Å²) in [6.07, 6.45) is 14.0. The summed E-state index contributed by atoms with van der Waals surface area (Å²) in [5.74, 6) is 0.335. The number of nitrogens with zero attached hydrogens (tertiary/aromatic N) is 4. The Balaban J connectivity index is -0.000000853. The van der Waals surface area contributed by atoms with Crippen LogP contribution < -0.4 is 22.9 Å². The molecule has 11 nitrogen and oxygen atoms in total. The molecule has 17 heteroatoms. The molecule has 0 atom stereocenters. The zero-order chi connectivity index (χ0) is 35.9. The van der Waals surface area contributed by atoms with Gasteiger partial charge < -0.3 is 28.4 Å². The number of nitrogens with two attached hydrogens (primary N) is 4. The van der Waals surface area contributed by atoms with E-state index in [4.69, 9.17) is 80.2 Å². The molecule has 0 heterocycles. The van der Waals surface area contributed by atoms with Gasteiger partial charge in [0.2, 0.25) is 0 Å². The Bertz CT molecular complexity index is 1230. The number of guanidine groups is 4. The first-order chi connectivity index (χ1) is 22.9. The molecule has 2 rings (SSSR count). The van der Waals surface area contributed by atoms with E-state index in [-0.39, 0.29) is 54.1 Å². The second-order valence-electron chi connectivity index (χ2n) is 11.5. The van der Waals surface area contributed by atoms with Crippen molar-refractivity contribution in [2.45, 2.75) is 104 Å². The van der Waals surface area contributed by atoms with E-state index in [0.717, 1.165) is 36.8 Å². The number of hydrogen-bond donors (Lipinski definition) is 6. The van der Waals surface area contributed by atoms with E-state index < -0.39 is 0 Å². The van der Waals surface area contributed by atoms with E-state index >= 15 is 0 Å². The van der Waals surface area contributed by atoms with Crippen molar-refractivity contribution >= 4 is 95.1 Å². The number of unbranched alkanes of at least 4 members (excludes halogenated alkanes) is 10. The number of aliphatic imine (C=N–C) groups is 2. The van der Waals surface area contributed by atoms with Gasteiger partial charge in [-0.05, 0) is 48.2 Å². The van der Waals surface area contributed by atoms with Crippen LogP contribution in [0.2, 0.25) is 20.1 Å². The Kier molecular flexibility index (Phi) is 32.4. The third-order valence-electron chi connectivity index (χ3n) is 7.42. The molecular formula is C34H58Cl6N10O. The van der Waals surface area contributed by atoms with Gasteiger partial charge >= 0.3 is 0 Å². The van der Waals surface area contributed by atoms with Gasteiger partial charge in [-0.1, -0.05) is 137 Å². The van der Waals surface area contributed by atoms with Crippen molar-refractivity contribution in [1.82, 2.24) is 9.80 Å². The van der Waals surface area contributed by atoms with Gasteiger partial charge in [0.15, 0.2) is 23.8 Å². The summed E-state index contributed by atoms with van der Waals surface area (Å²) in [5.41, 5.74) is 25.0. The minimum Gasteiger partial charge on any atom is -0.412 e. The molecule has 0 unspecified atom stereocenters. The lowest BCUT2D eigenvalue weighted by Gasteiger charge is -2.21. The second-order valence-corrected chi connectivity index (χ2v) is 13.1. The van der Waals surface area contributed by atoms with E-state index in [1.165, 1.54) is 61.2 Å². The van der Waals surface area contributed by atoms with Crippen LogP contribution in [0.1, 0.15) is 102 Å². The fraction of sp³-hybridized carbons (Fsp3) is 0.529. The highest BCUT2D eigenvalue weighted by atomic mass is 35.5. The van der Waals surface area contributed by atoms with Gasteiger partial charge in [-0.3, -0.25) is 20.6 Å². The number of halogens is 6. The maximum Gasteiger partial charge on any atom is 0.198 e. The molecule has 292 valence electrons. The quantitative estimate of drug-likeness (QED) is 0.0490. The Labute approximate surface area is 337 Å². The third kappa shape index (κ3) is 23.0. The van der Waals surface area contributed by atoms with Crippen molar-refractivity contribution in [3.63, 3.8) is 0 Å². The molecule has 0 aliphatic carbocycles. The molecule has 0 radical (unpaired) electrons. The number of rotatable bonds is 18. The molecule has 0 fully saturated rings. The van der Waals surface area contributed by atoms with Crippen LogP contribution in [0.5, 0.6) is 0 Å². The van der Waals surface area contributed by atoms with Crippen LogP contribution >= 0.6 is 71.2 Å². The molecule has 2 aromatic carbocycles. The second kappa shape index (κ2) is 31.2. The van der Waals surface area contributed by atoms with Gasteiger partial charge in [0.05, 0.1) is 33.2 Å². The summed E-state index contributed by atoms with van der Waals surface area (Å²) in [4.78, 5) is 11.7. The Hall–Kier alpha value is -2.38. The van der Waals surface area contributed by atoms with Gasteiger partial charge in [0.1, 0.15) is 0 Å². The van der Waals surface area contributed by atoms with Gasteiger partial charge in [0, 0.05) is 13.1 Å². The highest BCUT2D eigenvalue weighted by Gasteiger charge is 2.12. The first-order valence-corrected chi connectivity index (χ1v) is 18.1. The summed E-state index contributed by atoms with van der Waals surface area (Å²) in [6.45, 7) is 6.34. The highest BCUT2D eigenvalue weighted by molar-refractivity contribution is 6.42. The van der Waals surface area contributed by atoms with Crippen molar-refractivity contribution in [3.05, 3.63) is 67.6 Å². The Morgan fingerprint density at radius 2 is 0.863 bits per heavy atom. The van der Waals surface area contributed by atoms with E-state index in [2.05, 4.69) is 23.8 Å². The van der Waals surface area contributed by atoms with Crippen molar-refractivity contribution in [3.8, 4) is 0 Å². The SMILES string of the molecule is CCCCCCCCN(C(=N)N)C(N)=NCc1ccc(Cl)c(Cl)c1.CCCCCCCCN(C(=N)N)C(N)=NCc1ccc(Cl)c(Cl)c1.Cl.Cl.O. The van der Waals surface area contributed by atoms with Crippen molar-refractivity contribution in [1.29, 1.82) is 10.8 Å². The number of hydrogen-bond acceptors (Lipinski definition) is 4. The molecule has 0 bridgehead atoms. The van der Waals surface area contributed by atoms with Crippen LogP contribution in [-0.2, 0) is 13.1 Å². The molecule has 0 amide bonds. The molecule has 0 aliphatic heterocycles. The highest BCUT2D eigenvalue weighted by Crippen LogP contribution is 2.24. The molecule has 0 aromatic heterocycles. The summed E-state index contributed by atoms with van der Waals surface area (Å²) >= 11 is 23.8. The van der Waals surface area contributed by atoms with E-state index in [1.54, 1.807) is 24.3 Å². The monoisotopic (exact) mass is 832 g/mol. The van der Waals surface area contributed by atoms with Crippen LogP contribution in [0.25, 0.3) is 0 Å². The third-order valence-corrected chi connectivity index (χ3v) is 8.90. The first kappa shape index (κ1) is 53.0. The minimum atomic E-state index is -0.0843. The van der Waals surface area contributed by atoms with Crippen LogP contribution in [0.15, 0.2) is 46.4 Å². The van der Waals surface area contributed by atoms with E-state index in [1.807, 2.05) is 12.1 Å². The maximum absolute atomic E-state index is 7.68. The Morgan fingerprint density at radius 3 is 1.16 bits per heavy atom. The summed E-state index contributed by atoms with van der Waals surface area (Å²) < 4.78 is 0. The molecule has 0 saturated carbocycles. The molecule has 0 saturated heterocycles. The number of benzene rings is 2. The van der Waals surface area contributed by atoms with Crippen LogP contribution in [0.3, 0.4) is 0 Å². The lowest BCUT2D eigenvalue weighted by atomic mass is 10.1. The molecule has 0 spiro atoms. The smallest absolute Gasteiger partial charge is 0.198 e. The maximum atomic E-state index is 7.68. The normalized spacial score (nSPS) is 10.9. The van der Waals surface area contributed by atoms with Crippen molar-refractivity contribution in [2.75, 3.05) is 13.1 Å². The predicted octanol–water partition coefficient (Wildman–Crippen LogP) is 8.75. The molecule has 12 N–H and O–H groups in total. The average Bonchev–Trinajstić information content (AvgIpc) is 3.04. The van der Waals surface area contributed by atoms with E-state index in [0.29, 0.717) is 46.3 Å². The fourth-order valence-electron chi connectivity index (χ4n) is 4.61. The topological polar surface area (TPSA) is 214 Å². The van der Waals surface area contributed by atoms with Crippen LogP contribution in [-0.4, -0.2) is 52.2 Å². The molecule has 51 heavy (non-hydrogen) atoms. The molecule has 0 aliphatic rings. The largest absolute Gasteiger partial charge is 0.412 e. The summed E-state index contributed by atoms with van der Waals surface area (Å²) in [6, 6.07) is 10.7. The minimum absolute atomic E-state index is 0. The van der Waals surface area contributed by atoms with Crippen molar-refractivity contribution < 1.29 is 5.48 Å². The van der Waals surface area contributed by atoms with Crippen LogP contribution in [0, 0.1) is 10.8 Å². The van der Waals surface area contributed by atoms with Gasteiger partial charge in [-0.15, -0.1) is 24.8 Å². The zero-order valence-corrected chi connectivity index (χ0v) is 34.4. The zero-order valence-electron chi connectivity index (χ0n) is 29.7. The number of nitrogens with one attached hydrogen (secondary N) is 2. The van der Waals surface area contributed by atoms with E-state index in [9.17, 15) is 0 Å². The lowest BCUT2D eigenvalue weighted by molar-refractivity contribution is 0.518. The fourth-order valence-corrected chi connectivity index (χ4v) is 5.25. The average molecular weight is 836 g/mol. The summed E-state index contributed by atoms with van der Waals surface area (Å²) in [5, 5.41) is 17.3. The van der Waals surface area contributed by atoms with Crippen LogP contribution in [0.4, 0.5) is 0 Å². The van der Waals surface area contributed by atoms with Crippen molar-refractivity contribution in [2.24, 2.45) is 32.9 Å². The van der Waals surface area contributed by atoms with Gasteiger partial charge in [-0.2, -0.15) is 0 Å². The molecule has 2 aromatic rings. The summed E-state index contributed by atoms with van der Waals surface area (Å²) in [7, 11) is 0. The Morgan fingerprint density at radius 1 is 0.549 bits per heavy atom. The van der Waals surface area contributed by atoms with Gasteiger partial charge in [-0.25, -0.2) is 9.98 Å². The predicted molar refractivity (Wildman–Crippen MR) is 226 cm³/mol. The molecular weight excluding hydrogens is 777 g/mol. The lowest BCUT2D eigenvalue weighted by Crippen LogP contribution is -2.46. The first-order valence-electron chi connectivity index (χ1n) is 16.6. The standard InChI is InChI=1S/2C17H27Cl2N5.2ClH.H2O/c2*1-2-3-4-5-6-7-10-24(16(20)21)17(22)23-12-13-8-9-14(18)15(19)11-13;;;/h2*8-9,11H,2-7,10,12H2,1H3,(H3,20,21)(H2,22,23);2*1H;1H2.